The topological polar surface area (TPSA) is 78.6 Å². The maximum atomic E-state index is 13.2. The summed E-state index contributed by atoms with van der Waals surface area (Å²) in [7, 11) is 0. The monoisotopic (exact) mass is 820 g/mol. The Morgan fingerprint density at radius 1 is 0.328 bits per heavy atom. The quantitative estimate of drug-likeness (QED) is 0.0489. The highest BCUT2D eigenvalue weighted by Crippen LogP contribution is 2.21. The molecule has 346 valence electrons. The van der Waals surface area contributed by atoms with Crippen LogP contribution < -0.4 is 5.73 Å². The molecule has 0 amide bonds. The average Bonchev–Trinajstić information content (AvgIpc) is 3.22. The largest absolute Gasteiger partial charge is 0.462 e. The zero-order valence-electron chi connectivity index (χ0n) is 40.1. The van der Waals surface area contributed by atoms with E-state index >= 15 is 0 Å². The molecule has 2 unspecified atom stereocenters. The van der Waals surface area contributed by atoms with E-state index in [1.165, 1.54) is 218 Å². The molecule has 0 saturated carbocycles. The lowest BCUT2D eigenvalue weighted by molar-refractivity contribution is -0.153. The van der Waals surface area contributed by atoms with Crippen molar-refractivity contribution < 1.29 is 19.1 Å². The molecule has 0 radical (unpaired) electrons. The normalized spacial score (nSPS) is 13.1. The molecule has 0 saturated heterocycles. The number of esters is 2. The van der Waals surface area contributed by atoms with Gasteiger partial charge in [0.05, 0.1) is 0 Å². The minimum Gasteiger partial charge on any atom is -0.462 e. The van der Waals surface area contributed by atoms with Crippen molar-refractivity contribution in [2.24, 2.45) is 5.73 Å². The Kier molecular flexibility index (Phi) is 46.1. The van der Waals surface area contributed by atoms with E-state index in [1.807, 2.05) is 0 Å². The molecule has 0 rings (SSSR count). The number of hydrogen-bond acceptors (Lipinski definition) is 5. The van der Waals surface area contributed by atoms with Crippen molar-refractivity contribution in [1.29, 1.82) is 0 Å². The molecular formula is C53H105NO4. The van der Waals surface area contributed by atoms with Gasteiger partial charge in [-0.15, -0.1) is 0 Å². The summed E-state index contributed by atoms with van der Waals surface area (Å²) in [5, 5.41) is 0. The first-order valence-electron chi connectivity index (χ1n) is 26.6. The van der Waals surface area contributed by atoms with Crippen molar-refractivity contribution in [3.05, 3.63) is 0 Å². The molecule has 0 heterocycles. The summed E-state index contributed by atoms with van der Waals surface area (Å²) in [6, 6.07) is -0.774. The molecule has 2 N–H and O–H groups in total. The standard InChI is InChI=1S/C53H105NO4/c1-5-9-13-17-21-23-25-27-29-33-37-40-44-49(43-39-35-31-19-15-11-7-3)57-52(55)48-47-51(54)53(56)58-50(45-41-36-32-20-16-12-8-4)46-42-38-34-30-28-26-24-22-18-14-10-6-2/h49-51H,5-48,54H2,1-4H3/t49?,50?,51-/m0/s1. The first-order chi connectivity index (χ1) is 28.5. The van der Waals surface area contributed by atoms with E-state index in [2.05, 4.69) is 27.7 Å². The minimum atomic E-state index is -0.774. The summed E-state index contributed by atoms with van der Waals surface area (Å²) >= 11 is 0. The summed E-state index contributed by atoms with van der Waals surface area (Å²) in [6.07, 6.45) is 53.7. The predicted molar refractivity (Wildman–Crippen MR) is 254 cm³/mol. The second-order valence-corrected chi connectivity index (χ2v) is 18.5. The van der Waals surface area contributed by atoms with Crippen molar-refractivity contribution in [2.45, 2.75) is 328 Å². The van der Waals surface area contributed by atoms with Gasteiger partial charge < -0.3 is 15.2 Å². The second-order valence-electron chi connectivity index (χ2n) is 18.5. The maximum Gasteiger partial charge on any atom is 0.323 e. The smallest absolute Gasteiger partial charge is 0.323 e. The fraction of sp³-hybridized carbons (Fsp3) is 0.962. The summed E-state index contributed by atoms with van der Waals surface area (Å²) in [6.45, 7) is 9.09. The van der Waals surface area contributed by atoms with Gasteiger partial charge in [-0.25, -0.2) is 0 Å². The van der Waals surface area contributed by atoms with E-state index in [-0.39, 0.29) is 30.6 Å². The van der Waals surface area contributed by atoms with Crippen LogP contribution >= 0.6 is 0 Å². The Bertz CT molecular complexity index is 833. The van der Waals surface area contributed by atoms with Gasteiger partial charge in [0.1, 0.15) is 18.2 Å². The second kappa shape index (κ2) is 47.0. The molecule has 0 spiro atoms. The number of rotatable bonds is 48. The van der Waals surface area contributed by atoms with Crippen LogP contribution in [0.25, 0.3) is 0 Å². The van der Waals surface area contributed by atoms with Crippen molar-refractivity contribution >= 4 is 11.9 Å². The van der Waals surface area contributed by atoms with Gasteiger partial charge in [0.15, 0.2) is 0 Å². The number of carbonyl (C=O) groups excluding carboxylic acids is 2. The van der Waals surface area contributed by atoms with Gasteiger partial charge in [-0.1, -0.05) is 246 Å². The van der Waals surface area contributed by atoms with Crippen LogP contribution in [0.3, 0.4) is 0 Å². The van der Waals surface area contributed by atoms with Gasteiger partial charge >= 0.3 is 11.9 Å². The van der Waals surface area contributed by atoms with Crippen LogP contribution in [0.15, 0.2) is 0 Å². The molecule has 3 atom stereocenters. The van der Waals surface area contributed by atoms with Gasteiger partial charge in [0, 0.05) is 6.42 Å². The molecule has 5 nitrogen and oxygen atoms in total. The van der Waals surface area contributed by atoms with Crippen molar-refractivity contribution in [2.75, 3.05) is 0 Å². The molecule has 0 aliphatic heterocycles. The van der Waals surface area contributed by atoms with Crippen LogP contribution in [0.2, 0.25) is 0 Å². The van der Waals surface area contributed by atoms with Crippen LogP contribution in [-0.2, 0) is 19.1 Å². The summed E-state index contributed by atoms with van der Waals surface area (Å²) < 4.78 is 12.2. The fourth-order valence-corrected chi connectivity index (χ4v) is 8.50. The van der Waals surface area contributed by atoms with Gasteiger partial charge in [-0.05, 0) is 57.8 Å². The average molecular weight is 820 g/mol. The first kappa shape index (κ1) is 56.9. The third kappa shape index (κ3) is 41.6. The molecular weight excluding hydrogens is 715 g/mol. The zero-order chi connectivity index (χ0) is 42.4. The summed E-state index contributed by atoms with van der Waals surface area (Å²) in [5.41, 5.74) is 6.39. The van der Waals surface area contributed by atoms with E-state index < -0.39 is 6.04 Å². The van der Waals surface area contributed by atoms with Crippen molar-refractivity contribution in [3.63, 3.8) is 0 Å². The Hall–Kier alpha value is -1.10. The SMILES string of the molecule is CCCCCCCCCCCCCCC(CCCCCCCCC)OC(=O)CC[C@H](N)C(=O)OC(CCCCCCCCC)CCCCCCCCCCCCCC. The number of ether oxygens (including phenoxy) is 2. The van der Waals surface area contributed by atoms with E-state index in [1.54, 1.807) is 0 Å². The highest BCUT2D eigenvalue weighted by molar-refractivity contribution is 5.77. The summed E-state index contributed by atoms with van der Waals surface area (Å²) in [5.74, 6) is -0.540. The predicted octanol–water partition coefficient (Wildman–Crippen LogP) is 17.4. The van der Waals surface area contributed by atoms with Gasteiger partial charge in [-0.3, -0.25) is 9.59 Å². The van der Waals surface area contributed by atoms with E-state index in [0.717, 1.165) is 51.4 Å². The molecule has 0 aromatic heterocycles. The zero-order valence-corrected chi connectivity index (χ0v) is 40.1. The van der Waals surface area contributed by atoms with Gasteiger partial charge in [0.25, 0.3) is 0 Å². The molecule has 0 aromatic rings. The Labute approximate surface area is 364 Å². The van der Waals surface area contributed by atoms with Crippen LogP contribution in [0.4, 0.5) is 0 Å². The van der Waals surface area contributed by atoms with Crippen LogP contribution in [-0.4, -0.2) is 30.2 Å². The highest BCUT2D eigenvalue weighted by atomic mass is 16.5. The maximum absolute atomic E-state index is 13.2. The van der Waals surface area contributed by atoms with Crippen LogP contribution in [0.1, 0.15) is 310 Å². The van der Waals surface area contributed by atoms with Crippen molar-refractivity contribution in [3.8, 4) is 0 Å². The van der Waals surface area contributed by atoms with E-state index in [0.29, 0.717) is 6.42 Å². The van der Waals surface area contributed by atoms with Crippen molar-refractivity contribution in [1.82, 2.24) is 0 Å². The molecule has 5 heteroatoms. The molecule has 0 fully saturated rings. The summed E-state index contributed by atoms with van der Waals surface area (Å²) in [4.78, 5) is 26.3. The fourth-order valence-electron chi connectivity index (χ4n) is 8.50. The molecule has 0 aliphatic rings. The van der Waals surface area contributed by atoms with E-state index in [4.69, 9.17) is 15.2 Å². The lowest BCUT2D eigenvalue weighted by Crippen LogP contribution is -2.35. The third-order valence-electron chi connectivity index (χ3n) is 12.6. The van der Waals surface area contributed by atoms with Crippen LogP contribution in [0, 0.1) is 0 Å². The Balaban J connectivity index is 4.72. The molecule has 0 bridgehead atoms. The first-order valence-corrected chi connectivity index (χ1v) is 26.6. The van der Waals surface area contributed by atoms with Gasteiger partial charge in [0.2, 0.25) is 0 Å². The van der Waals surface area contributed by atoms with Gasteiger partial charge in [-0.2, -0.15) is 0 Å². The number of nitrogens with two attached hydrogens (primary N) is 1. The lowest BCUT2D eigenvalue weighted by Gasteiger charge is -2.21. The number of hydrogen-bond donors (Lipinski definition) is 1. The van der Waals surface area contributed by atoms with E-state index in [9.17, 15) is 9.59 Å². The Morgan fingerprint density at radius 2 is 0.552 bits per heavy atom. The number of unbranched alkanes of at least 4 members (excludes halogenated alkanes) is 34. The Morgan fingerprint density at radius 3 is 0.810 bits per heavy atom. The minimum absolute atomic E-state index is 0.0173. The molecule has 0 aromatic carbocycles. The highest BCUT2D eigenvalue weighted by Gasteiger charge is 2.22. The number of carbonyl (C=O) groups is 2. The van der Waals surface area contributed by atoms with Crippen LogP contribution in [0.5, 0.6) is 0 Å². The lowest BCUT2D eigenvalue weighted by atomic mass is 10.0. The molecule has 58 heavy (non-hydrogen) atoms. The third-order valence-corrected chi connectivity index (χ3v) is 12.6. The molecule has 0 aliphatic carbocycles.